The van der Waals surface area contributed by atoms with E-state index in [2.05, 4.69) is 221 Å². The molecule has 0 saturated carbocycles. The van der Waals surface area contributed by atoms with Crippen LogP contribution in [0, 0.1) is 20.8 Å². The first-order valence-corrected chi connectivity index (χ1v) is 25.9. The summed E-state index contributed by atoms with van der Waals surface area (Å²) in [7, 11) is 0. The lowest BCUT2D eigenvalue weighted by Crippen LogP contribution is -1.84. The van der Waals surface area contributed by atoms with Crippen molar-refractivity contribution in [3.63, 3.8) is 0 Å². The van der Waals surface area contributed by atoms with Crippen molar-refractivity contribution < 1.29 is 0 Å². The van der Waals surface area contributed by atoms with Crippen LogP contribution in [-0.4, -0.2) is 0 Å². The molecule has 0 aliphatic heterocycles. The van der Waals surface area contributed by atoms with Crippen molar-refractivity contribution in [2.45, 2.75) is 104 Å². The van der Waals surface area contributed by atoms with Crippen molar-refractivity contribution in [1.29, 1.82) is 0 Å². The van der Waals surface area contributed by atoms with Gasteiger partial charge >= 0.3 is 0 Å². The summed E-state index contributed by atoms with van der Waals surface area (Å²) in [5.41, 5.74) is 4.06. The van der Waals surface area contributed by atoms with E-state index >= 15 is 0 Å². The van der Waals surface area contributed by atoms with Gasteiger partial charge in [0.15, 0.2) is 0 Å². The van der Waals surface area contributed by atoms with E-state index in [0.29, 0.717) is 0 Å². The van der Waals surface area contributed by atoms with Gasteiger partial charge in [-0.2, -0.15) is 0 Å². The summed E-state index contributed by atoms with van der Waals surface area (Å²) in [6.45, 7) is 30.6. The molecule has 0 aliphatic carbocycles. The Morgan fingerprint density at radius 2 is 0.464 bits per heavy atom. The first kappa shape index (κ1) is 54.6. The van der Waals surface area contributed by atoms with Crippen LogP contribution in [0.3, 0.4) is 0 Å². The molecule has 0 atom stereocenters. The van der Waals surface area contributed by atoms with Crippen molar-refractivity contribution in [3.8, 4) is 0 Å². The van der Waals surface area contributed by atoms with Crippen LogP contribution >= 0.6 is 0 Å². The Labute approximate surface area is 415 Å². The predicted octanol–water partition coefficient (Wildman–Crippen LogP) is 22.5. The second-order valence-corrected chi connectivity index (χ2v) is 15.3. The van der Waals surface area contributed by atoms with Gasteiger partial charge in [0.1, 0.15) is 0 Å². The van der Waals surface area contributed by atoms with Gasteiger partial charge in [0.2, 0.25) is 0 Å². The topological polar surface area (TPSA) is 0 Å². The molecule has 0 heteroatoms. The van der Waals surface area contributed by atoms with Gasteiger partial charge in [-0.1, -0.05) is 277 Å². The van der Waals surface area contributed by atoms with Gasteiger partial charge in [-0.25, -0.2) is 0 Å². The molecular formula is C69H78. The van der Waals surface area contributed by atoms with E-state index in [1.165, 1.54) is 114 Å². The molecule has 0 nitrogen and oxygen atoms in total. The lowest BCUT2D eigenvalue weighted by atomic mass is 9.94. The Hall–Kier alpha value is -7.02. The van der Waals surface area contributed by atoms with Crippen molar-refractivity contribution in [1.82, 2.24) is 0 Å². The van der Waals surface area contributed by atoms with Crippen molar-refractivity contribution in [2.24, 2.45) is 0 Å². The minimum Gasteiger partial charge on any atom is -0.0683 e. The third-order valence-electron chi connectivity index (χ3n) is 12.0. The highest BCUT2D eigenvalue weighted by molar-refractivity contribution is 6.19. The molecule has 0 amide bonds. The fourth-order valence-corrected chi connectivity index (χ4v) is 9.10. The van der Waals surface area contributed by atoms with Crippen molar-refractivity contribution >= 4 is 97.0 Å². The summed E-state index contributed by atoms with van der Waals surface area (Å²) in [5, 5.41) is 24.1. The van der Waals surface area contributed by atoms with Crippen LogP contribution in [0.5, 0.6) is 0 Å². The molecule has 0 heterocycles. The third-order valence-corrected chi connectivity index (χ3v) is 12.0. The highest BCUT2D eigenvalue weighted by Crippen LogP contribution is 2.35. The number of rotatable bonds is 0. The highest BCUT2D eigenvalue weighted by atomic mass is 14.1. The summed E-state index contributed by atoms with van der Waals surface area (Å²) in [5.74, 6) is 0. The van der Waals surface area contributed by atoms with Crippen LogP contribution in [0.15, 0.2) is 200 Å². The number of benzene rings is 12. The van der Waals surface area contributed by atoms with E-state index in [-0.39, 0.29) is 0 Å². The summed E-state index contributed by atoms with van der Waals surface area (Å²) >= 11 is 0. The van der Waals surface area contributed by atoms with Gasteiger partial charge in [-0.05, 0) is 140 Å². The minimum atomic E-state index is 1.31. The van der Waals surface area contributed by atoms with E-state index in [4.69, 9.17) is 0 Å². The molecule has 0 unspecified atom stereocenters. The Kier molecular flexibility index (Phi) is 21.9. The maximum atomic E-state index is 2.32. The zero-order valence-electron chi connectivity index (χ0n) is 44.6. The molecular weight excluding hydrogens is 829 g/mol. The van der Waals surface area contributed by atoms with Gasteiger partial charge in [0.25, 0.3) is 0 Å². The molecule has 0 fully saturated rings. The van der Waals surface area contributed by atoms with Gasteiger partial charge in [-0.3, -0.25) is 0 Å². The van der Waals surface area contributed by atoms with Crippen molar-refractivity contribution in [3.05, 3.63) is 217 Å². The standard InChI is InChI=1S/3C19H14.6C2H6/c1-13-16-8-4-3-7-15(16)12-19-17(13)11-10-14-6-2-5-9-18(14)19;1-13-12-19-16-8-3-2-6-14(16)10-11-18(19)17-9-5-4-7-15(13)17;1-13-5-4-8-17-15(13)11-12-18-16-7-3-2-6-14(16)9-10-19(17)18;6*1-2/h3*2-12H,1H3;6*1-2H3. The minimum absolute atomic E-state index is 1.31. The summed E-state index contributed by atoms with van der Waals surface area (Å²) < 4.78 is 0. The number of hydrogen-bond acceptors (Lipinski definition) is 0. The van der Waals surface area contributed by atoms with Gasteiger partial charge < -0.3 is 0 Å². The van der Waals surface area contributed by atoms with E-state index < -0.39 is 0 Å². The number of fused-ring (bicyclic) bond motifs is 14. The van der Waals surface area contributed by atoms with Crippen LogP contribution in [-0.2, 0) is 0 Å². The lowest BCUT2D eigenvalue weighted by Gasteiger charge is -2.10. The zero-order chi connectivity index (χ0) is 50.5. The van der Waals surface area contributed by atoms with E-state index in [1.54, 1.807) is 0 Å². The van der Waals surface area contributed by atoms with E-state index in [9.17, 15) is 0 Å². The fourth-order valence-electron chi connectivity index (χ4n) is 9.10. The second-order valence-electron chi connectivity index (χ2n) is 15.3. The Morgan fingerprint density at radius 1 is 0.174 bits per heavy atom. The largest absolute Gasteiger partial charge is 0.0683 e. The van der Waals surface area contributed by atoms with Crippen molar-refractivity contribution in [2.75, 3.05) is 0 Å². The van der Waals surface area contributed by atoms with E-state index in [0.717, 1.165) is 0 Å². The Balaban J connectivity index is 0.000000203. The predicted molar refractivity (Wildman–Crippen MR) is 319 cm³/mol. The average Bonchev–Trinajstić information content (AvgIpc) is 3.44. The molecule has 12 aromatic rings. The maximum absolute atomic E-state index is 2.32. The SMILES string of the molecule is CC.CC.CC.CC.CC.CC.Cc1c2ccccc2cc2c1ccc1ccccc12.Cc1cc2c3ccccc3ccc2c2ccccc12.Cc1cccc2c1ccc1c3ccccc3ccc21. The molecule has 12 aromatic carbocycles. The first-order valence-electron chi connectivity index (χ1n) is 25.9. The average molecular weight is 907 g/mol. The molecule has 0 N–H and O–H groups in total. The second kappa shape index (κ2) is 27.7. The smallest absolute Gasteiger partial charge is 0.00963 e. The molecule has 0 aromatic heterocycles. The third kappa shape index (κ3) is 11.8. The summed E-state index contributed by atoms with van der Waals surface area (Å²) in [6.07, 6.45) is 0. The Morgan fingerprint density at radius 3 is 0.971 bits per heavy atom. The first-order chi connectivity index (χ1) is 34.0. The molecule has 12 rings (SSSR count). The highest BCUT2D eigenvalue weighted by Gasteiger charge is 2.09. The van der Waals surface area contributed by atoms with Gasteiger partial charge in [0.05, 0.1) is 0 Å². The quantitative estimate of drug-likeness (QED) is 0.105. The Bertz CT molecular complexity index is 3420. The van der Waals surface area contributed by atoms with E-state index in [1.807, 2.05) is 83.1 Å². The van der Waals surface area contributed by atoms with Crippen LogP contribution in [0.2, 0.25) is 0 Å². The number of aryl methyl sites for hydroxylation is 3. The molecule has 0 aliphatic rings. The fraction of sp³-hybridized carbons (Fsp3) is 0.217. The van der Waals surface area contributed by atoms with Gasteiger partial charge in [0, 0.05) is 0 Å². The summed E-state index contributed by atoms with van der Waals surface area (Å²) in [4.78, 5) is 0. The molecule has 0 radical (unpaired) electrons. The zero-order valence-corrected chi connectivity index (χ0v) is 44.6. The summed E-state index contributed by atoms with van der Waals surface area (Å²) in [6, 6.07) is 72.2. The lowest BCUT2D eigenvalue weighted by molar-refractivity contribution is 1.50. The van der Waals surface area contributed by atoms with Gasteiger partial charge in [-0.15, -0.1) is 0 Å². The molecule has 0 bridgehead atoms. The van der Waals surface area contributed by atoms with Crippen LogP contribution in [0.1, 0.15) is 99.8 Å². The maximum Gasteiger partial charge on any atom is -0.00963 e. The monoisotopic (exact) mass is 907 g/mol. The van der Waals surface area contributed by atoms with Crippen LogP contribution < -0.4 is 0 Å². The van der Waals surface area contributed by atoms with Crippen LogP contribution in [0.4, 0.5) is 0 Å². The molecule has 69 heavy (non-hydrogen) atoms. The normalized spacial score (nSPS) is 9.96. The molecule has 354 valence electrons. The molecule has 0 saturated heterocycles. The van der Waals surface area contributed by atoms with Crippen LogP contribution in [0.25, 0.3) is 97.0 Å². The number of hydrogen-bond donors (Lipinski definition) is 0. The molecule has 0 spiro atoms.